The molecule has 4 N–H and O–H groups in total. The minimum Gasteiger partial charge on any atom is -0.477 e. The molecule has 1 aliphatic rings. The molecule has 0 saturated heterocycles. The van der Waals surface area contributed by atoms with Crippen LogP contribution in [-0.4, -0.2) is 49.5 Å². The number of hydrogen-bond donors (Lipinski definition) is 4. The van der Waals surface area contributed by atoms with E-state index in [4.69, 9.17) is 5.11 Å². The number of carboxylic acids is 1. The molecule has 28 heavy (non-hydrogen) atoms. The molecule has 158 valence electrons. The molecule has 0 aromatic carbocycles. The highest BCUT2D eigenvalue weighted by atomic mass is 79.9. The highest BCUT2D eigenvalue weighted by Crippen LogP contribution is 2.41. The fourth-order valence-corrected chi connectivity index (χ4v) is 5.74. The molecule has 1 aliphatic carbocycles. The van der Waals surface area contributed by atoms with Gasteiger partial charge in [-0.25, -0.2) is 4.79 Å². The second kappa shape index (κ2) is 11.5. The number of rotatable bonds is 11. The second-order valence-electron chi connectivity index (χ2n) is 7.76. The first-order chi connectivity index (χ1) is 13.3. The third-order valence-corrected chi connectivity index (χ3v) is 7.57. The summed E-state index contributed by atoms with van der Waals surface area (Å²) in [4.78, 5) is 12.7. The first-order valence-corrected chi connectivity index (χ1v) is 11.7. The lowest BCUT2D eigenvalue weighted by Gasteiger charge is -2.21. The number of carbonyl (C=O) groups is 1. The molecule has 2 rings (SSSR count). The van der Waals surface area contributed by atoms with Gasteiger partial charge in [-0.05, 0) is 69.9 Å². The Morgan fingerprint density at radius 3 is 2.71 bits per heavy atom. The largest absolute Gasteiger partial charge is 0.477 e. The number of aromatic carboxylic acids is 1. The van der Waals surface area contributed by atoms with Crippen LogP contribution < -0.4 is 0 Å². The summed E-state index contributed by atoms with van der Waals surface area (Å²) in [6.07, 6.45) is 7.86. The van der Waals surface area contributed by atoms with Crippen LogP contribution in [0.5, 0.6) is 0 Å². The summed E-state index contributed by atoms with van der Waals surface area (Å²) in [5, 5.41) is 38.8. The molecule has 1 saturated carbocycles. The number of hydrogen-bond acceptors (Lipinski definition) is 5. The van der Waals surface area contributed by atoms with Gasteiger partial charge in [0.1, 0.15) is 4.88 Å². The monoisotopic (exact) mass is 474 g/mol. The zero-order chi connectivity index (χ0) is 20.7. The Kier molecular flexibility index (Phi) is 9.63. The number of thiophene rings is 1. The van der Waals surface area contributed by atoms with Crippen molar-refractivity contribution in [3.63, 3.8) is 0 Å². The molecule has 0 bridgehead atoms. The Morgan fingerprint density at radius 2 is 2.07 bits per heavy atom. The fraction of sp³-hybridized carbons (Fsp3) is 0.667. The summed E-state index contributed by atoms with van der Waals surface area (Å²) in [7, 11) is 0. The van der Waals surface area contributed by atoms with E-state index in [1.54, 1.807) is 19.1 Å². The molecule has 1 fully saturated rings. The van der Waals surface area contributed by atoms with E-state index in [1.807, 2.05) is 12.1 Å². The van der Waals surface area contributed by atoms with Gasteiger partial charge in [-0.1, -0.05) is 28.1 Å². The van der Waals surface area contributed by atoms with Crippen molar-refractivity contribution in [2.75, 3.05) is 0 Å². The van der Waals surface area contributed by atoms with E-state index < -0.39 is 18.2 Å². The molecule has 6 atom stereocenters. The maximum atomic E-state index is 11.0. The summed E-state index contributed by atoms with van der Waals surface area (Å²) < 4.78 is 0. The lowest BCUT2D eigenvalue weighted by Crippen LogP contribution is -2.19. The van der Waals surface area contributed by atoms with Gasteiger partial charge in [-0.15, -0.1) is 11.3 Å². The smallest absolute Gasteiger partial charge is 0.345 e. The van der Waals surface area contributed by atoms with Crippen LogP contribution in [0.3, 0.4) is 0 Å². The van der Waals surface area contributed by atoms with Crippen molar-refractivity contribution in [3.8, 4) is 0 Å². The zero-order valence-corrected chi connectivity index (χ0v) is 18.6. The van der Waals surface area contributed by atoms with Gasteiger partial charge in [0, 0.05) is 15.6 Å². The lowest BCUT2D eigenvalue weighted by atomic mass is 9.89. The van der Waals surface area contributed by atoms with Crippen LogP contribution >= 0.6 is 27.3 Å². The topological polar surface area (TPSA) is 98.0 Å². The molecule has 5 nitrogen and oxygen atoms in total. The van der Waals surface area contributed by atoms with Crippen LogP contribution in [0, 0.1) is 11.8 Å². The molecule has 0 spiro atoms. The van der Waals surface area contributed by atoms with Crippen LogP contribution in [0.25, 0.3) is 0 Å². The van der Waals surface area contributed by atoms with Crippen LogP contribution in [0.4, 0.5) is 0 Å². The zero-order valence-electron chi connectivity index (χ0n) is 16.2. The predicted octanol–water partition coefficient (Wildman–Crippen LogP) is 4.00. The minimum absolute atomic E-state index is 0.00806. The van der Waals surface area contributed by atoms with Crippen LogP contribution in [0.2, 0.25) is 0 Å². The van der Waals surface area contributed by atoms with Gasteiger partial charge in [0.25, 0.3) is 0 Å². The molecule has 1 aromatic rings. The van der Waals surface area contributed by atoms with Gasteiger partial charge in [0.2, 0.25) is 0 Å². The van der Waals surface area contributed by atoms with Gasteiger partial charge >= 0.3 is 5.97 Å². The Balaban J connectivity index is 1.84. The van der Waals surface area contributed by atoms with Crippen LogP contribution in [0.1, 0.15) is 60.0 Å². The van der Waals surface area contributed by atoms with Crippen molar-refractivity contribution in [2.24, 2.45) is 11.8 Å². The van der Waals surface area contributed by atoms with Crippen molar-refractivity contribution in [1.29, 1.82) is 0 Å². The summed E-state index contributed by atoms with van der Waals surface area (Å²) >= 11 is 5.02. The van der Waals surface area contributed by atoms with E-state index in [9.17, 15) is 20.1 Å². The number of carboxylic acid groups (broad SMARTS) is 1. The van der Waals surface area contributed by atoms with Crippen molar-refractivity contribution in [1.82, 2.24) is 0 Å². The normalized spacial score (nSPS) is 27.3. The van der Waals surface area contributed by atoms with E-state index in [1.165, 1.54) is 11.3 Å². The average molecular weight is 475 g/mol. The van der Waals surface area contributed by atoms with E-state index in [-0.39, 0.29) is 22.8 Å². The van der Waals surface area contributed by atoms with E-state index in [0.29, 0.717) is 24.1 Å². The Hall–Kier alpha value is -0.730. The number of aliphatic hydroxyl groups excluding tert-OH is 3. The first-order valence-electron chi connectivity index (χ1n) is 9.96. The summed E-state index contributed by atoms with van der Waals surface area (Å²) in [6, 6.07) is 3.53. The Labute approximate surface area is 179 Å². The van der Waals surface area contributed by atoms with Gasteiger partial charge in [-0.3, -0.25) is 0 Å². The lowest BCUT2D eigenvalue weighted by molar-refractivity contribution is 0.0702. The molecule has 0 amide bonds. The van der Waals surface area contributed by atoms with Gasteiger partial charge in [-0.2, -0.15) is 0 Å². The van der Waals surface area contributed by atoms with E-state index >= 15 is 0 Å². The fourth-order valence-electron chi connectivity index (χ4n) is 3.85. The van der Waals surface area contributed by atoms with Gasteiger partial charge in [0.15, 0.2) is 0 Å². The third-order valence-electron chi connectivity index (χ3n) is 5.38. The van der Waals surface area contributed by atoms with Crippen molar-refractivity contribution in [2.45, 2.75) is 75.0 Å². The number of aryl methyl sites for hydroxylation is 1. The summed E-state index contributed by atoms with van der Waals surface area (Å²) in [5.74, 6) is -0.587. The second-order valence-corrected chi connectivity index (χ2v) is 10.1. The van der Waals surface area contributed by atoms with Crippen molar-refractivity contribution >= 4 is 33.2 Å². The quantitative estimate of drug-likeness (QED) is 0.287. The van der Waals surface area contributed by atoms with Gasteiger partial charge < -0.3 is 20.4 Å². The van der Waals surface area contributed by atoms with E-state index in [0.717, 1.165) is 30.6 Å². The molecule has 7 heteroatoms. The molecule has 0 radical (unpaired) electrons. The van der Waals surface area contributed by atoms with E-state index in [2.05, 4.69) is 15.9 Å². The van der Waals surface area contributed by atoms with Crippen molar-refractivity contribution < 1.29 is 25.2 Å². The molecule has 0 unspecified atom stereocenters. The minimum atomic E-state index is -0.882. The maximum Gasteiger partial charge on any atom is 0.345 e. The summed E-state index contributed by atoms with van der Waals surface area (Å²) in [5.41, 5.74) is 0. The average Bonchev–Trinajstić information content (AvgIpc) is 3.18. The molecular weight excluding hydrogens is 444 g/mol. The Bertz CT molecular complexity index is 644. The highest BCUT2D eigenvalue weighted by Gasteiger charge is 2.39. The number of alkyl halides is 1. The third kappa shape index (κ3) is 7.26. The molecule has 1 heterocycles. The Morgan fingerprint density at radius 1 is 1.32 bits per heavy atom. The summed E-state index contributed by atoms with van der Waals surface area (Å²) in [6.45, 7) is 1.75. The molecule has 1 aromatic heterocycles. The van der Waals surface area contributed by atoms with Gasteiger partial charge in [0.05, 0.1) is 18.3 Å². The number of aliphatic hydroxyl groups is 3. The highest BCUT2D eigenvalue weighted by molar-refractivity contribution is 9.09. The van der Waals surface area contributed by atoms with Crippen molar-refractivity contribution in [3.05, 3.63) is 34.0 Å². The molecular formula is C21H31BrO5S. The van der Waals surface area contributed by atoms with Crippen LogP contribution in [-0.2, 0) is 6.42 Å². The SMILES string of the molecule is C[C@@H](O)CCC[C@H](O)/C=C/[C@@H]1[C@@H](CCCc2ccc(C(=O)O)s2)[C@H](Br)C[C@H]1O. The first kappa shape index (κ1) is 23.5. The van der Waals surface area contributed by atoms with Crippen LogP contribution in [0.15, 0.2) is 24.3 Å². The molecule has 0 aliphatic heterocycles. The number of halogens is 1. The predicted molar refractivity (Wildman–Crippen MR) is 115 cm³/mol. The standard InChI is InChI=1S/C21H31BrO5S/c1-13(23)4-2-5-14(24)8-10-17-16(18(22)12-19(17)25)7-3-6-15-9-11-20(28-15)21(26)27/h8-11,13-14,16-19,23-25H,2-7,12H2,1H3,(H,26,27)/b10-8+/t13-,14+,16-,17-,18-,19-/m1/s1. The maximum absolute atomic E-state index is 11.0.